The van der Waals surface area contributed by atoms with Gasteiger partial charge >= 0.3 is 5.97 Å². The summed E-state index contributed by atoms with van der Waals surface area (Å²) in [6, 6.07) is 15.2. The number of hydrogen-bond donors (Lipinski definition) is 0. The maximum Gasteiger partial charge on any atom is 0.334 e. The maximum atomic E-state index is 12.2. The highest BCUT2D eigenvalue weighted by molar-refractivity contribution is 9.10. The summed E-state index contributed by atoms with van der Waals surface area (Å²) in [6.07, 6.45) is 0. The van der Waals surface area contributed by atoms with Gasteiger partial charge in [-0.3, -0.25) is 0 Å². The second-order valence-corrected chi connectivity index (χ2v) is 7.78. The SMILES string of the molecule is C=C(CS(=O)(=O)c1ccccc1)C(=O)OCc1ccc(Br)cc1. The summed E-state index contributed by atoms with van der Waals surface area (Å²) in [7, 11) is -3.60. The number of esters is 1. The number of halogens is 1. The predicted molar refractivity (Wildman–Crippen MR) is 91.6 cm³/mol. The van der Waals surface area contributed by atoms with E-state index in [1.54, 1.807) is 30.3 Å². The summed E-state index contributed by atoms with van der Waals surface area (Å²) in [5.74, 6) is -1.18. The van der Waals surface area contributed by atoms with E-state index >= 15 is 0 Å². The van der Waals surface area contributed by atoms with Crippen molar-refractivity contribution < 1.29 is 17.9 Å². The highest BCUT2D eigenvalue weighted by atomic mass is 79.9. The number of hydrogen-bond acceptors (Lipinski definition) is 4. The molecule has 0 aromatic heterocycles. The van der Waals surface area contributed by atoms with Crippen LogP contribution in [0.5, 0.6) is 0 Å². The monoisotopic (exact) mass is 394 g/mol. The number of benzene rings is 2. The van der Waals surface area contributed by atoms with Crippen molar-refractivity contribution in [3.8, 4) is 0 Å². The Morgan fingerprint density at radius 1 is 1.04 bits per heavy atom. The van der Waals surface area contributed by atoms with Crippen molar-refractivity contribution in [2.75, 3.05) is 5.75 Å². The number of rotatable bonds is 6. The minimum absolute atomic E-state index is 0.0660. The fourth-order valence-electron chi connectivity index (χ4n) is 1.83. The van der Waals surface area contributed by atoms with Gasteiger partial charge in [-0.1, -0.05) is 52.8 Å². The molecule has 0 N–H and O–H groups in total. The molecule has 2 aromatic rings. The van der Waals surface area contributed by atoms with Crippen LogP contribution in [-0.2, 0) is 26.0 Å². The van der Waals surface area contributed by atoms with Crippen LogP contribution in [0.3, 0.4) is 0 Å². The van der Waals surface area contributed by atoms with Crippen molar-refractivity contribution >= 4 is 31.7 Å². The Labute approximate surface area is 143 Å². The van der Waals surface area contributed by atoms with E-state index in [1.165, 1.54) is 12.1 Å². The third-order valence-corrected chi connectivity index (χ3v) is 5.29. The van der Waals surface area contributed by atoms with E-state index in [-0.39, 0.29) is 17.1 Å². The molecule has 2 aromatic carbocycles. The molecular formula is C17H15BrO4S. The molecule has 0 aliphatic rings. The minimum atomic E-state index is -3.60. The van der Waals surface area contributed by atoms with Gasteiger partial charge in [0.2, 0.25) is 0 Å². The molecule has 6 heteroatoms. The lowest BCUT2D eigenvalue weighted by Crippen LogP contribution is -2.16. The third kappa shape index (κ3) is 5.04. The van der Waals surface area contributed by atoms with Crippen LogP contribution < -0.4 is 0 Å². The molecule has 0 saturated carbocycles. The Bertz CT molecular complexity index is 796. The first-order valence-electron chi connectivity index (χ1n) is 6.75. The molecule has 0 heterocycles. The van der Waals surface area contributed by atoms with Gasteiger partial charge < -0.3 is 4.74 Å². The zero-order chi connectivity index (χ0) is 16.9. The van der Waals surface area contributed by atoms with Crippen LogP contribution in [0, 0.1) is 0 Å². The molecular weight excluding hydrogens is 380 g/mol. The van der Waals surface area contributed by atoms with Crippen LogP contribution in [0.1, 0.15) is 5.56 Å². The average molecular weight is 395 g/mol. The van der Waals surface area contributed by atoms with Gasteiger partial charge in [-0.25, -0.2) is 13.2 Å². The van der Waals surface area contributed by atoms with E-state index in [9.17, 15) is 13.2 Å². The van der Waals surface area contributed by atoms with E-state index in [1.807, 2.05) is 12.1 Å². The van der Waals surface area contributed by atoms with Crippen LogP contribution in [0.4, 0.5) is 0 Å². The first-order valence-corrected chi connectivity index (χ1v) is 9.20. The molecule has 0 amide bonds. The van der Waals surface area contributed by atoms with Gasteiger partial charge in [-0.2, -0.15) is 0 Å². The van der Waals surface area contributed by atoms with Gasteiger partial charge in [0.05, 0.1) is 10.6 Å². The van der Waals surface area contributed by atoms with E-state index < -0.39 is 21.6 Å². The van der Waals surface area contributed by atoms with Gasteiger partial charge in [-0.05, 0) is 29.8 Å². The normalized spacial score (nSPS) is 11.0. The van der Waals surface area contributed by atoms with Crippen molar-refractivity contribution in [3.63, 3.8) is 0 Å². The Kier molecular flexibility index (Phi) is 5.74. The van der Waals surface area contributed by atoms with Gasteiger partial charge in [0.1, 0.15) is 6.61 Å². The van der Waals surface area contributed by atoms with Crippen molar-refractivity contribution in [2.45, 2.75) is 11.5 Å². The van der Waals surface area contributed by atoms with Gasteiger partial charge in [0, 0.05) is 10.0 Å². The number of carbonyl (C=O) groups excluding carboxylic acids is 1. The standard InChI is InChI=1S/C17H15BrO4S/c1-13(12-23(20,21)16-5-3-2-4-6-16)17(19)22-11-14-7-9-15(18)10-8-14/h2-10H,1,11-12H2. The number of sulfone groups is 1. The van der Waals surface area contributed by atoms with Gasteiger partial charge in [0.15, 0.2) is 9.84 Å². The summed E-state index contributed by atoms with van der Waals surface area (Å²) in [5.41, 5.74) is 0.714. The van der Waals surface area contributed by atoms with Crippen molar-refractivity contribution in [1.29, 1.82) is 0 Å². The summed E-state index contributed by atoms with van der Waals surface area (Å²) in [4.78, 5) is 12.1. The van der Waals surface area contributed by atoms with Crippen molar-refractivity contribution in [3.05, 3.63) is 76.8 Å². The van der Waals surface area contributed by atoms with Crippen LogP contribution in [0.15, 0.2) is 76.1 Å². The summed E-state index contributed by atoms with van der Waals surface area (Å²) >= 11 is 3.32. The van der Waals surface area contributed by atoms with E-state index in [0.29, 0.717) is 0 Å². The first-order chi connectivity index (χ1) is 10.9. The zero-order valence-corrected chi connectivity index (χ0v) is 14.6. The molecule has 0 saturated heterocycles. The van der Waals surface area contributed by atoms with Crippen LogP contribution in [-0.4, -0.2) is 20.1 Å². The summed E-state index contributed by atoms with van der Waals surface area (Å²) in [6.45, 7) is 3.60. The molecule has 2 rings (SSSR count). The minimum Gasteiger partial charge on any atom is -0.457 e. The Morgan fingerprint density at radius 3 is 2.26 bits per heavy atom. The van der Waals surface area contributed by atoms with Crippen molar-refractivity contribution in [2.24, 2.45) is 0 Å². The van der Waals surface area contributed by atoms with E-state index in [0.717, 1.165) is 10.0 Å². The lowest BCUT2D eigenvalue weighted by Gasteiger charge is -2.08. The van der Waals surface area contributed by atoms with Crippen molar-refractivity contribution in [1.82, 2.24) is 0 Å². The Balaban J connectivity index is 1.95. The molecule has 0 aliphatic carbocycles. The highest BCUT2D eigenvalue weighted by Gasteiger charge is 2.20. The Hall–Kier alpha value is -1.92. The van der Waals surface area contributed by atoms with Crippen LogP contribution in [0.2, 0.25) is 0 Å². The van der Waals surface area contributed by atoms with Gasteiger partial charge in [-0.15, -0.1) is 0 Å². The molecule has 0 radical (unpaired) electrons. The highest BCUT2D eigenvalue weighted by Crippen LogP contribution is 2.15. The lowest BCUT2D eigenvalue weighted by molar-refractivity contribution is -0.140. The fourth-order valence-corrected chi connectivity index (χ4v) is 3.41. The topological polar surface area (TPSA) is 60.4 Å². The maximum absolute atomic E-state index is 12.2. The first kappa shape index (κ1) is 17.4. The number of carbonyl (C=O) groups is 1. The van der Waals surface area contributed by atoms with Crippen LogP contribution >= 0.6 is 15.9 Å². The molecule has 4 nitrogen and oxygen atoms in total. The van der Waals surface area contributed by atoms with E-state index in [2.05, 4.69) is 22.5 Å². The summed E-state index contributed by atoms with van der Waals surface area (Å²) < 4.78 is 30.4. The molecule has 23 heavy (non-hydrogen) atoms. The second-order valence-electron chi connectivity index (χ2n) is 4.88. The van der Waals surface area contributed by atoms with Gasteiger partial charge in [0.25, 0.3) is 0 Å². The molecule has 0 atom stereocenters. The Morgan fingerprint density at radius 2 is 1.65 bits per heavy atom. The quantitative estimate of drug-likeness (QED) is 0.555. The predicted octanol–water partition coefficient (Wildman–Crippen LogP) is 3.52. The largest absolute Gasteiger partial charge is 0.457 e. The second kappa shape index (κ2) is 7.57. The molecule has 0 fully saturated rings. The fraction of sp³-hybridized carbons (Fsp3) is 0.118. The molecule has 0 spiro atoms. The smallest absolute Gasteiger partial charge is 0.334 e. The summed E-state index contributed by atoms with van der Waals surface area (Å²) in [5, 5.41) is 0. The lowest BCUT2D eigenvalue weighted by atomic mass is 10.2. The van der Waals surface area contributed by atoms with E-state index in [4.69, 9.17) is 4.74 Å². The molecule has 120 valence electrons. The third-order valence-electron chi connectivity index (χ3n) is 3.04. The molecule has 0 unspecified atom stereocenters. The molecule has 0 bridgehead atoms. The molecule has 0 aliphatic heterocycles. The average Bonchev–Trinajstić information content (AvgIpc) is 2.54. The zero-order valence-electron chi connectivity index (χ0n) is 12.2. The number of ether oxygens (including phenoxy) is 1. The van der Waals surface area contributed by atoms with Crippen LogP contribution in [0.25, 0.3) is 0 Å².